The van der Waals surface area contributed by atoms with E-state index in [1.165, 1.54) is 6.07 Å². The maximum absolute atomic E-state index is 13.2. The highest BCUT2D eigenvalue weighted by Gasteiger charge is 2.27. The van der Waals surface area contributed by atoms with E-state index >= 15 is 0 Å². The van der Waals surface area contributed by atoms with Gasteiger partial charge < -0.3 is 10.2 Å². The number of aliphatic hydroxyl groups excluding tert-OH is 2. The molecule has 1 aromatic rings. The van der Waals surface area contributed by atoms with E-state index in [1.54, 1.807) is 12.1 Å². The number of aliphatic hydroxyl groups is 2. The standard InChI is InChI=1S/C14H20FNO2/c1-10-2-3-13(15)6-12(10)7-16-5-4-11(9-17)14(18)8-16/h2-3,6,11,14,17-18H,4-5,7-9H2,1H3/t11-,14-/m1/s1. The van der Waals surface area contributed by atoms with Crippen molar-refractivity contribution in [3.63, 3.8) is 0 Å². The Hall–Kier alpha value is -0.970. The van der Waals surface area contributed by atoms with Crippen LogP contribution in [0.5, 0.6) is 0 Å². The van der Waals surface area contributed by atoms with Gasteiger partial charge in [-0.05, 0) is 43.1 Å². The zero-order valence-corrected chi connectivity index (χ0v) is 10.6. The molecule has 3 nitrogen and oxygen atoms in total. The Labute approximate surface area is 107 Å². The number of hydrogen-bond donors (Lipinski definition) is 2. The van der Waals surface area contributed by atoms with Crippen LogP contribution in [-0.4, -0.2) is 40.9 Å². The number of nitrogens with zero attached hydrogens (tertiary/aromatic N) is 1. The SMILES string of the molecule is Cc1ccc(F)cc1CN1CC[C@H](CO)[C@H](O)C1. The third kappa shape index (κ3) is 3.07. The molecule has 2 atom stereocenters. The molecule has 0 bridgehead atoms. The average molecular weight is 253 g/mol. The molecule has 0 radical (unpaired) electrons. The van der Waals surface area contributed by atoms with Crippen LogP contribution in [0.25, 0.3) is 0 Å². The zero-order valence-electron chi connectivity index (χ0n) is 10.6. The number of rotatable bonds is 3. The highest BCUT2D eigenvalue weighted by atomic mass is 19.1. The molecule has 100 valence electrons. The lowest BCUT2D eigenvalue weighted by atomic mass is 9.94. The summed E-state index contributed by atoms with van der Waals surface area (Å²) in [6.45, 7) is 4.03. The first kappa shape index (κ1) is 13.5. The normalized spacial score (nSPS) is 25.3. The second-order valence-corrected chi connectivity index (χ2v) is 5.10. The molecule has 1 aromatic carbocycles. The van der Waals surface area contributed by atoms with Crippen LogP contribution in [0.3, 0.4) is 0 Å². The summed E-state index contributed by atoms with van der Waals surface area (Å²) in [7, 11) is 0. The first-order valence-corrected chi connectivity index (χ1v) is 6.36. The van der Waals surface area contributed by atoms with E-state index in [0.29, 0.717) is 13.1 Å². The van der Waals surface area contributed by atoms with E-state index in [2.05, 4.69) is 4.90 Å². The minimum atomic E-state index is -0.488. The van der Waals surface area contributed by atoms with E-state index in [4.69, 9.17) is 5.11 Å². The van der Waals surface area contributed by atoms with Crippen LogP contribution in [0.1, 0.15) is 17.5 Å². The minimum Gasteiger partial charge on any atom is -0.396 e. The van der Waals surface area contributed by atoms with E-state index in [9.17, 15) is 9.50 Å². The molecule has 1 aliphatic heterocycles. The third-order valence-corrected chi connectivity index (χ3v) is 3.75. The molecular weight excluding hydrogens is 233 g/mol. The molecule has 2 rings (SSSR count). The summed E-state index contributed by atoms with van der Waals surface area (Å²) in [4.78, 5) is 2.11. The van der Waals surface area contributed by atoms with Crippen molar-refractivity contribution in [3.05, 3.63) is 35.1 Å². The van der Waals surface area contributed by atoms with Crippen molar-refractivity contribution in [1.29, 1.82) is 0 Å². The van der Waals surface area contributed by atoms with Gasteiger partial charge in [0.15, 0.2) is 0 Å². The predicted octanol–water partition coefficient (Wildman–Crippen LogP) is 1.31. The Morgan fingerprint density at radius 1 is 1.44 bits per heavy atom. The number of aryl methyl sites for hydroxylation is 1. The fraction of sp³-hybridized carbons (Fsp3) is 0.571. The van der Waals surface area contributed by atoms with Gasteiger partial charge in [-0.3, -0.25) is 4.90 Å². The molecule has 0 aromatic heterocycles. The summed E-state index contributed by atoms with van der Waals surface area (Å²) >= 11 is 0. The molecule has 0 amide bonds. The van der Waals surface area contributed by atoms with Gasteiger partial charge in [-0.1, -0.05) is 6.07 Å². The first-order chi connectivity index (χ1) is 8.60. The molecule has 1 aliphatic rings. The Morgan fingerprint density at radius 2 is 2.22 bits per heavy atom. The largest absolute Gasteiger partial charge is 0.396 e. The second-order valence-electron chi connectivity index (χ2n) is 5.10. The smallest absolute Gasteiger partial charge is 0.123 e. The topological polar surface area (TPSA) is 43.7 Å². The van der Waals surface area contributed by atoms with Gasteiger partial charge in [-0.15, -0.1) is 0 Å². The van der Waals surface area contributed by atoms with Gasteiger partial charge in [0, 0.05) is 25.6 Å². The summed E-state index contributed by atoms with van der Waals surface area (Å²) < 4.78 is 13.2. The highest BCUT2D eigenvalue weighted by molar-refractivity contribution is 5.26. The van der Waals surface area contributed by atoms with Gasteiger partial charge in [-0.25, -0.2) is 4.39 Å². The molecule has 4 heteroatoms. The summed E-state index contributed by atoms with van der Waals surface area (Å²) in [5.74, 6) is -0.240. The Kier molecular flexibility index (Phi) is 4.32. The molecule has 0 spiro atoms. The molecule has 1 fully saturated rings. The fourth-order valence-electron chi connectivity index (χ4n) is 2.45. The van der Waals surface area contributed by atoms with Crippen LogP contribution in [-0.2, 0) is 6.54 Å². The van der Waals surface area contributed by atoms with Crippen molar-refractivity contribution < 1.29 is 14.6 Å². The number of halogens is 1. The van der Waals surface area contributed by atoms with Crippen LogP contribution >= 0.6 is 0 Å². The van der Waals surface area contributed by atoms with Gasteiger partial charge in [0.1, 0.15) is 5.82 Å². The molecule has 18 heavy (non-hydrogen) atoms. The van der Waals surface area contributed by atoms with E-state index < -0.39 is 6.10 Å². The Balaban J connectivity index is 2.00. The molecule has 2 N–H and O–H groups in total. The summed E-state index contributed by atoms with van der Waals surface area (Å²) in [5.41, 5.74) is 2.03. The molecule has 1 heterocycles. The van der Waals surface area contributed by atoms with Gasteiger partial charge in [-0.2, -0.15) is 0 Å². The second kappa shape index (κ2) is 5.78. The van der Waals surface area contributed by atoms with E-state index in [-0.39, 0.29) is 18.3 Å². The van der Waals surface area contributed by atoms with Gasteiger partial charge in [0.2, 0.25) is 0 Å². The number of benzene rings is 1. The lowest BCUT2D eigenvalue weighted by molar-refractivity contribution is -0.00451. The average Bonchev–Trinajstić information content (AvgIpc) is 2.34. The number of likely N-dealkylation sites (tertiary alicyclic amines) is 1. The summed E-state index contributed by atoms with van der Waals surface area (Å²) in [6.07, 6.45) is 0.295. The van der Waals surface area contributed by atoms with Crippen molar-refractivity contribution in [2.75, 3.05) is 19.7 Å². The number of hydrogen-bond acceptors (Lipinski definition) is 3. The van der Waals surface area contributed by atoms with Crippen molar-refractivity contribution in [2.45, 2.75) is 26.0 Å². The lowest BCUT2D eigenvalue weighted by Crippen LogP contribution is -2.44. The van der Waals surface area contributed by atoms with Crippen molar-refractivity contribution in [3.8, 4) is 0 Å². The van der Waals surface area contributed by atoms with Gasteiger partial charge >= 0.3 is 0 Å². The highest BCUT2D eigenvalue weighted by Crippen LogP contribution is 2.20. The monoisotopic (exact) mass is 253 g/mol. The van der Waals surface area contributed by atoms with Crippen molar-refractivity contribution >= 4 is 0 Å². The lowest BCUT2D eigenvalue weighted by Gasteiger charge is -2.35. The van der Waals surface area contributed by atoms with Crippen LogP contribution in [0, 0.1) is 18.7 Å². The van der Waals surface area contributed by atoms with Crippen LogP contribution in [0.15, 0.2) is 18.2 Å². The Bertz CT molecular complexity index is 411. The predicted molar refractivity (Wildman–Crippen MR) is 67.6 cm³/mol. The van der Waals surface area contributed by atoms with Crippen LogP contribution < -0.4 is 0 Å². The minimum absolute atomic E-state index is 0.0187. The van der Waals surface area contributed by atoms with Crippen LogP contribution in [0.4, 0.5) is 4.39 Å². The first-order valence-electron chi connectivity index (χ1n) is 6.36. The summed E-state index contributed by atoms with van der Waals surface area (Å²) in [6, 6.07) is 4.80. The van der Waals surface area contributed by atoms with E-state index in [1.807, 2.05) is 6.92 Å². The zero-order chi connectivity index (χ0) is 13.1. The number of piperidine rings is 1. The third-order valence-electron chi connectivity index (χ3n) is 3.75. The van der Waals surface area contributed by atoms with Gasteiger partial charge in [0.05, 0.1) is 6.10 Å². The molecule has 0 saturated carbocycles. The van der Waals surface area contributed by atoms with Gasteiger partial charge in [0.25, 0.3) is 0 Å². The fourth-order valence-corrected chi connectivity index (χ4v) is 2.45. The van der Waals surface area contributed by atoms with E-state index in [0.717, 1.165) is 24.1 Å². The van der Waals surface area contributed by atoms with Crippen molar-refractivity contribution in [2.24, 2.45) is 5.92 Å². The number of β-amino-alcohol motifs (C(OH)–C–C–N with tert-alkyl or cyclic N) is 1. The molecule has 0 aliphatic carbocycles. The van der Waals surface area contributed by atoms with Crippen molar-refractivity contribution in [1.82, 2.24) is 4.90 Å². The summed E-state index contributed by atoms with van der Waals surface area (Å²) in [5, 5.41) is 19.0. The maximum atomic E-state index is 13.2. The maximum Gasteiger partial charge on any atom is 0.123 e. The molecule has 0 unspecified atom stereocenters. The molecule has 1 saturated heterocycles. The quantitative estimate of drug-likeness (QED) is 0.853. The Morgan fingerprint density at radius 3 is 2.89 bits per heavy atom. The van der Waals surface area contributed by atoms with Crippen LogP contribution in [0.2, 0.25) is 0 Å². The molecular formula is C14H20FNO2.